The Morgan fingerprint density at radius 1 is 1.55 bits per heavy atom. The van der Waals surface area contributed by atoms with Gasteiger partial charge in [0.05, 0.1) is 5.41 Å². The van der Waals surface area contributed by atoms with E-state index >= 15 is 0 Å². The Bertz CT molecular complexity index is 633. The van der Waals surface area contributed by atoms with Crippen LogP contribution in [0.3, 0.4) is 0 Å². The lowest BCUT2D eigenvalue weighted by atomic mass is 9.81. The molecule has 0 saturated carbocycles. The lowest BCUT2D eigenvalue weighted by Crippen LogP contribution is -2.41. The number of fused-ring (bicyclic) bond motifs is 1. The molecule has 2 aliphatic heterocycles. The first-order valence-electron chi connectivity index (χ1n) is 6.31. The minimum Gasteiger partial charge on any atom is -0.481 e. The highest BCUT2D eigenvalue weighted by atomic mass is 32.2. The van der Waals surface area contributed by atoms with E-state index < -0.39 is 21.4 Å². The van der Waals surface area contributed by atoms with Crippen molar-refractivity contribution in [3.05, 3.63) is 24.5 Å². The fourth-order valence-corrected chi connectivity index (χ4v) is 4.53. The van der Waals surface area contributed by atoms with Crippen LogP contribution >= 0.6 is 0 Å². The van der Waals surface area contributed by atoms with Crippen molar-refractivity contribution >= 4 is 16.0 Å². The van der Waals surface area contributed by atoms with Gasteiger partial charge in [0.15, 0.2) is 0 Å². The maximum Gasteiger partial charge on any atom is 0.312 e. The van der Waals surface area contributed by atoms with Crippen molar-refractivity contribution in [2.24, 2.45) is 11.3 Å². The van der Waals surface area contributed by atoms with E-state index in [0.717, 1.165) is 0 Å². The Morgan fingerprint density at radius 2 is 2.35 bits per heavy atom. The quantitative estimate of drug-likeness (QED) is 0.771. The van der Waals surface area contributed by atoms with Gasteiger partial charge in [0, 0.05) is 44.5 Å². The van der Waals surface area contributed by atoms with E-state index in [0.29, 0.717) is 13.1 Å². The summed E-state index contributed by atoms with van der Waals surface area (Å²) in [7, 11) is -3.67. The Morgan fingerprint density at radius 3 is 2.95 bits per heavy atom. The number of nitrogens with one attached hydrogen (secondary N) is 1. The largest absolute Gasteiger partial charge is 0.481 e. The van der Waals surface area contributed by atoms with Crippen LogP contribution in [0.15, 0.2) is 29.4 Å². The maximum atomic E-state index is 12.5. The maximum absolute atomic E-state index is 12.5. The van der Waals surface area contributed by atoms with Crippen LogP contribution in [0.2, 0.25) is 0 Å². The average molecular weight is 297 g/mol. The van der Waals surface area contributed by atoms with Crippen LogP contribution in [0, 0.1) is 11.3 Å². The minimum absolute atomic E-state index is 0.0111. The van der Waals surface area contributed by atoms with Gasteiger partial charge in [-0.25, -0.2) is 8.42 Å². The van der Waals surface area contributed by atoms with Gasteiger partial charge in [0.1, 0.15) is 4.90 Å². The molecule has 20 heavy (non-hydrogen) atoms. The summed E-state index contributed by atoms with van der Waals surface area (Å²) in [6.45, 7) is 1.09. The highest BCUT2D eigenvalue weighted by molar-refractivity contribution is 7.89. The molecule has 2 saturated heterocycles. The summed E-state index contributed by atoms with van der Waals surface area (Å²) in [5.41, 5.74) is -1.00. The molecule has 3 rings (SSSR count). The van der Waals surface area contributed by atoms with Gasteiger partial charge in [-0.1, -0.05) is 0 Å². The molecule has 3 heterocycles. The molecule has 0 spiro atoms. The monoisotopic (exact) mass is 297 g/mol. The molecule has 1 aromatic heterocycles. The number of carboxylic acid groups (broad SMARTS) is 1. The van der Waals surface area contributed by atoms with Gasteiger partial charge < -0.3 is 10.4 Å². The van der Waals surface area contributed by atoms with Gasteiger partial charge in [0.25, 0.3) is 0 Å². The number of sulfonamides is 1. The van der Waals surface area contributed by atoms with Crippen LogP contribution in [0.4, 0.5) is 0 Å². The molecule has 0 aliphatic carbocycles. The molecular formula is C12H15N3O4S. The number of aliphatic carboxylic acids is 1. The predicted molar refractivity (Wildman–Crippen MR) is 69.4 cm³/mol. The first-order chi connectivity index (χ1) is 9.47. The zero-order valence-corrected chi connectivity index (χ0v) is 11.5. The molecule has 2 aliphatic rings. The molecule has 8 heteroatoms. The first-order valence-corrected chi connectivity index (χ1v) is 7.75. The summed E-state index contributed by atoms with van der Waals surface area (Å²) in [6, 6.07) is 3.03. The number of carbonyl (C=O) groups is 1. The van der Waals surface area contributed by atoms with Gasteiger partial charge in [-0.3, -0.25) is 9.78 Å². The minimum atomic E-state index is -3.67. The number of pyridine rings is 1. The van der Waals surface area contributed by atoms with Crippen molar-refractivity contribution in [3.8, 4) is 0 Å². The first kappa shape index (κ1) is 13.5. The molecule has 0 radical (unpaired) electrons. The molecule has 2 N–H and O–H groups in total. The van der Waals surface area contributed by atoms with Crippen LogP contribution in [0.1, 0.15) is 0 Å². The van der Waals surface area contributed by atoms with E-state index in [-0.39, 0.29) is 23.9 Å². The highest BCUT2D eigenvalue weighted by Crippen LogP contribution is 2.41. The van der Waals surface area contributed by atoms with E-state index in [1.807, 2.05) is 0 Å². The summed E-state index contributed by atoms with van der Waals surface area (Å²) in [4.78, 5) is 15.5. The number of nitrogens with zero attached hydrogens (tertiary/aromatic N) is 2. The van der Waals surface area contributed by atoms with Crippen LogP contribution in [-0.2, 0) is 14.8 Å². The molecule has 2 atom stereocenters. The lowest BCUT2D eigenvalue weighted by molar-refractivity contribution is -0.148. The molecule has 0 bridgehead atoms. The highest BCUT2D eigenvalue weighted by Gasteiger charge is 2.57. The zero-order chi connectivity index (χ0) is 14.4. The topological polar surface area (TPSA) is 99.6 Å². The average Bonchev–Trinajstić information content (AvgIpc) is 2.97. The Balaban J connectivity index is 1.93. The molecule has 108 valence electrons. The third-order valence-corrected chi connectivity index (χ3v) is 5.99. The number of aromatic nitrogens is 1. The second kappa shape index (κ2) is 4.51. The molecule has 0 unspecified atom stereocenters. The standard InChI is InChI=1S/C12H15N3O4S/c16-11(17)12-7-14-4-9(12)6-15(8-12)20(18,19)10-2-1-3-13-5-10/h1-3,5,9,14H,4,6-8H2,(H,16,17)/t9-,12-/m0/s1. The van der Waals surface area contributed by atoms with Crippen LogP contribution < -0.4 is 5.32 Å². The summed E-state index contributed by atoms with van der Waals surface area (Å²) < 4.78 is 26.3. The van der Waals surface area contributed by atoms with Crippen molar-refractivity contribution in [1.29, 1.82) is 0 Å². The second-order valence-electron chi connectivity index (χ2n) is 5.28. The summed E-state index contributed by atoms with van der Waals surface area (Å²) in [5, 5.41) is 12.5. The van der Waals surface area contributed by atoms with Gasteiger partial charge in [-0.05, 0) is 12.1 Å². The van der Waals surface area contributed by atoms with E-state index in [4.69, 9.17) is 0 Å². The van der Waals surface area contributed by atoms with E-state index in [1.165, 1.54) is 22.8 Å². The van der Waals surface area contributed by atoms with Gasteiger partial charge in [-0.2, -0.15) is 4.31 Å². The normalized spacial score (nSPS) is 30.3. The Kier molecular flexibility index (Phi) is 3.03. The molecular weight excluding hydrogens is 282 g/mol. The summed E-state index contributed by atoms with van der Waals surface area (Å²) in [5.74, 6) is -1.12. The van der Waals surface area contributed by atoms with E-state index in [9.17, 15) is 18.3 Å². The predicted octanol–water partition coefficient (Wildman–Crippen LogP) is -0.624. The molecule has 0 aromatic carbocycles. The third kappa shape index (κ3) is 1.83. The lowest BCUT2D eigenvalue weighted by Gasteiger charge is -2.22. The van der Waals surface area contributed by atoms with Crippen molar-refractivity contribution in [2.45, 2.75) is 4.90 Å². The fourth-order valence-electron chi connectivity index (χ4n) is 3.01. The smallest absolute Gasteiger partial charge is 0.312 e. The van der Waals surface area contributed by atoms with Gasteiger partial charge in [0.2, 0.25) is 10.0 Å². The molecule has 2 fully saturated rings. The molecule has 1 aromatic rings. The van der Waals surface area contributed by atoms with Gasteiger partial charge >= 0.3 is 5.97 Å². The number of carboxylic acids is 1. The van der Waals surface area contributed by atoms with Gasteiger partial charge in [-0.15, -0.1) is 0 Å². The fraction of sp³-hybridized carbons (Fsp3) is 0.500. The Hall–Kier alpha value is -1.51. The van der Waals surface area contributed by atoms with Crippen LogP contribution in [-0.4, -0.2) is 55.0 Å². The van der Waals surface area contributed by atoms with E-state index in [2.05, 4.69) is 10.3 Å². The van der Waals surface area contributed by atoms with Crippen molar-refractivity contribution in [3.63, 3.8) is 0 Å². The number of rotatable bonds is 3. The molecule has 7 nitrogen and oxygen atoms in total. The SMILES string of the molecule is O=C(O)[C@]12CNC[C@H]1CN(S(=O)(=O)c1cccnc1)C2. The number of hydrogen-bond donors (Lipinski definition) is 2. The van der Waals surface area contributed by atoms with Crippen LogP contribution in [0.5, 0.6) is 0 Å². The van der Waals surface area contributed by atoms with Crippen molar-refractivity contribution in [2.75, 3.05) is 26.2 Å². The van der Waals surface area contributed by atoms with Crippen molar-refractivity contribution in [1.82, 2.24) is 14.6 Å². The van der Waals surface area contributed by atoms with Crippen LogP contribution in [0.25, 0.3) is 0 Å². The summed E-state index contributed by atoms with van der Waals surface area (Å²) >= 11 is 0. The Labute approximate surface area is 116 Å². The van der Waals surface area contributed by atoms with Crippen molar-refractivity contribution < 1.29 is 18.3 Å². The molecule has 0 amide bonds. The zero-order valence-electron chi connectivity index (χ0n) is 10.7. The van der Waals surface area contributed by atoms with E-state index in [1.54, 1.807) is 6.07 Å². The number of hydrogen-bond acceptors (Lipinski definition) is 5. The summed E-state index contributed by atoms with van der Waals surface area (Å²) in [6.07, 6.45) is 2.79. The second-order valence-corrected chi connectivity index (χ2v) is 7.21. The third-order valence-electron chi connectivity index (χ3n) is 4.19.